The molecule has 2 aromatic heterocycles. The Balaban J connectivity index is 1.49. The molecule has 1 amide bonds. The number of anilines is 2. The summed E-state index contributed by atoms with van der Waals surface area (Å²) in [6.07, 6.45) is 4.56. The third-order valence-corrected chi connectivity index (χ3v) is 6.38. The monoisotopic (exact) mass is 482 g/mol. The van der Waals surface area contributed by atoms with E-state index >= 15 is 0 Å². The minimum Gasteiger partial charge on any atom is -0.447 e. The summed E-state index contributed by atoms with van der Waals surface area (Å²) in [6, 6.07) is 5.38. The second-order valence-corrected chi connectivity index (χ2v) is 9.18. The van der Waals surface area contributed by atoms with E-state index in [2.05, 4.69) is 34.5 Å². The highest BCUT2D eigenvalue weighted by atomic mass is 35.5. The summed E-state index contributed by atoms with van der Waals surface area (Å²) in [5, 5.41) is 9.71. The van der Waals surface area contributed by atoms with Gasteiger partial charge in [-0.25, -0.2) is 9.78 Å². The molecule has 10 nitrogen and oxygen atoms in total. The molecule has 11 heteroatoms. The summed E-state index contributed by atoms with van der Waals surface area (Å²) < 4.78 is 7.58. The van der Waals surface area contributed by atoms with Crippen molar-refractivity contribution in [2.24, 2.45) is 0 Å². The van der Waals surface area contributed by atoms with Crippen LogP contribution in [0.5, 0.6) is 0 Å². The predicted molar refractivity (Wildman–Crippen MR) is 128 cm³/mol. The maximum absolute atomic E-state index is 12.9. The molecule has 0 aliphatic carbocycles. The van der Waals surface area contributed by atoms with Gasteiger partial charge in [0.25, 0.3) is 0 Å². The first-order chi connectivity index (χ1) is 16.4. The van der Waals surface area contributed by atoms with E-state index in [1.807, 2.05) is 39.0 Å². The highest BCUT2D eigenvalue weighted by molar-refractivity contribution is 6.30. The second kappa shape index (κ2) is 9.09. The minimum absolute atomic E-state index is 0.221. The lowest BCUT2D eigenvalue weighted by atomic mass is 10.1. The van der Waals surface area contributed by atoms with Crippen LogP contribution in [0.1, 0.15) is 38.2 Å². The van der Waals surface area contributed by atoms with Crippen LogP contribution in [0.2, 0.25) is 5.02 Å². The van der Waals surface area contributed by atoms with Crippen molar-refractivity contribution in [2.75, 3.05) is 36.0 Å². The molecule has 1 saturated heterocycles. The standard InChI is InChI=1S/C23H27ClN8O2/c1-15(2)34-23(33)31-14-17-12-18(24)4-5-19(17)32-21(16(31)3)27-28-22(32)30-10-8-29(9-11-30)20-13-25-6-7-26-20/h4-7,12-13,15-16H,8-11,14H2,1-3H3. The van der Waals surface area contributed by atoms with Gasteiger partial charge in [-0.2, -0.15) is 0 Å². The highest BCUT2D eigenvalue weighted by Gasteiger charge is 2.35. The smallest absolute Gasteiger partial charge is 0.410 e. The van der Waals surface area contributed by atoms with Crippen molar-refractivity contribution in [3.05, 3.63) is 53.2 Å². The number of amides is 1. The van der Waals surface area contributed by atoms with Crippen molar-refractivity contribution in [1.29, 1.82) is 0 Å². The quantitative estimate of drug-likeness (QED) is 0.560. The van der Waals surface area contributed by atoms with E-state index in [0.717, 1.165) is 49.2 Å². The summed E-state index contributed by atoms with van der Waals surface area (Å²) in [7, 11) is 0. The number of hydrogen-bond donors (Lipinski definition) is 0. The average molecular weight is 483 g/mol. The van der Waals surface area contributed by atoms with Crippen LogP contribution in [0.15, 0.2) is 36.8 Å². The number of fused-ring (bicyclic) bond motifs is 3. The molecule has 1 aromatic carbocycles. The van der Waals surface area contributed by atoms with Gasteiger partial charge < -0.3 is 14.5 Å². The fourth-order valence-corrected chi connectivity index (χ4v) is 4.63. The van der Waals surface area contributed by atoms with Gasteiger partial charge in [0.2, 0.25) is 5.95 Å². The third kappa shape index (κ3) is 4.13. The van der Waals surface area contributed by atoms with Crippen molar-refractivity contribution in [3.63, 3.8) is 0 Å². The summed E-state index contributed by atoms with van der Waals surface area (Å²) in [5.41, 5.74) is 1.83. The first-order valence-corrected chi connectivity index (χ1v) is 11.8. The van der Waals surface area contributed by atoms with Gasteiger partial charge in [-0.15, -0.1) is 10.2 Å². The first kappa shape index (κ1) is 22.4. The Labute approximate surface area is 203 Å². The zero-order valence-electron chi connectivity index (χ0n) is 19.4. The number of hydrogen-bond acceptors (Lipinski definition) is 8. The molecule has 1 unspecified atom stereocenters. The Morgan fingerprint density at radius 1 is 1.12 bits per heavy atom. The van der Waals surface area contributed by atoms with Gasteiger partial charge in [0.1, 0.15) is 5.82 Å². The van der Waals surface area contributed by atoms with Crippen molar-refractivity contribution >= 4 is 29.5 Å². The Hall–Kier alpha value is -3.40. The van der Waals surface area contributed by atoms with E-state index in [0.29, 0.717) is 17.4 Å². The molecule has 0 N–H and O–H groups in total. The average Bonchev–Trinajstić information content (AvgIpc) is 3.22. The number of halogens is 1. The minimum atomic E-state index is -0.385. The van der Waals surface area contributed by atoms with E-state index in [4.69, 9.17) is 16.3 Å². The van der Waals surface area contributed by atoms with Crippen LogP contribution in [-0.2, 0) is 11.3 Å². The van der Waals surface area contributed by atoms with Gasteiger partial charge in [0, 0.05) is 43.6 Å². The molecular formula is C23H27ClN8O2. The molecule has 0 saturated carbocycles. The summed E-state index contributed by atoms with van der Waals surface area (Å²) in [5.74, 6) is 2.31. The van der Waals surface area contributed by atoms with E-state index in [9.17, 15) is 4.79 Å². The van der Waals surface area contributed by atoms with Crippen LogP contribution in [0.3, 0.4) is 0 Å². The molecule has 2 aliphatic heterocycles. The normalized spacial score (nSPS) is 17.9. The molecule has 178 valence electrons. The maximum Gasteiger partial charge on any atom is 0.410 e. The van der Waals surface area contributed by atoms with Crippen LogP contribution in [-0.4, -0.2) is 68.0 Å². The number of carbonyl (C=O) groups is 1. The topological polar surface area (TPSA) is 92.5 Å². The number of nitrogens with zero attached hydrogens (tertiary/aromatic N) is 8. The molecule has 0 radical (unpaired) electrons. The van der Waals surface area contributed by atoms with Gasteiger partial charge in [0.15, 0.2) is 5.82 Å². The van der Waals surface area contributed by atoms with Crippen molar-refractivity contribution < 1.29 is 9.53 Å². The van der Waals surface area contributed by atoms with Gasteiger partial charge >= 0.3 is 6.09 Å². The second-order valence-electron chi connectivity index (χ2n) is 8.74. The molecule has 0 spiro atoms. The largest absolute Gasteiger partial charge is 0.447 e. The predicted octanol–water partition coefficient (Wildman–Crippen LogP) is 3.46. The first-order valence-electron chi connectivity index (χ1n) is 11.4. The molecule has 34 heavy (non-hydrogen) atoms. The Morgan fingerprint density at radius 2 is 1.88 bits per heavy atom. The molecule has 3 aromatic rings. The zero-order valence-corrected chi connectivity index (χ0v) is 20.2. The van der Waals surface area contributed by atoms with Crippen LogP contribution in [0.25, 0.3) is 5.69 Å². The fourth-order valence-electron chi connectivity index (χ4n) is 4.43. The number of benzene rings is 1. The number of piperazine rings is 1. The number of rotatable bonds is 3. The Morgan fingerprint density at radius 3 is 2.59 bits per heavy atom. The third-order valence-electron chi connectivity index (χ3n) is 6.14. The lowest BCUT2D eigenvalue weighted by Crippen LogP contribution is -2.47. The van der Waals surface area contributed by atoms with E-state index < -0.39 is 0 Å². The Bertz CT molecular complexity index is 1180. The van der Waals surface area contributed by atoms with Gasteiger partial charge in [-0.05, 0) is 44.5 Å². The molecule has 0 bridgehead atoms. The molecule has 4 heterocycles. The molecule has 5 rings (SSSR count). The summed E-state index contributed by atoms with van der Waals surface area (Å²) >= 11 is 6.34. The summed E-state index contributed by atoms with van der Waals surface area (Å²) in [4.78, 5) is 27.6. The van der Waals surface area contributed by atoms with E-state index in [1.54, 1.807) is 23.5 Å². The highest BCUT2D eigenvalue weighted by Crippen LogP contribution is 2.35. The SMILES string of the molecule is CC(C)OC(=O)N1Cc2cc(Cl)ccc2-n2c(nnc2N2CCN(c3cnccn3)CC2)C1C. The van der Waals surface area contributed by atoms with E-state index in [-0.39, 0.29) is 18.2 Å². The Kier molecular flexibility index (Phi) is 5.99. The van der Waals surface area contributed by atoms with Crippen LogP contribution < -0.4 is 9.80 Å². The van der Waals surface area contributed by atoms with E-state index in [1.165, 1.54) is 0 Å². The van der Waals surface area contributed by atoms with Crippen molar-refractivity contribution in [2.45, 2.75) is 39.5 Å². The van der Waals surface area contributed by atoms with Crippen molar-refractivity contribution in [1.82, 2.24) is 29.6 Å². The summed E-state index contributed by atoms with van der Waals surface area (Å²) in [6.45, 7) is 9.08. The molecular weight excluding hydrogens is 456 g/mol. The van der Waals surface area contributed by atoms with Gasteiger partial charge in [-0.1, -0.05) is 11.6 Å². The lowest BCUT2D eigenvalue weighted by Gasteiger charge is -2.35. The molecule has 2 aliphatic rings. The number of aromatic nitrogens is 5. The van der Waals surface area contributed by atoms with Crippen LogP contribution >= 0.6 is 11.6 Å². The maximum atomic E-state index is 12.9. The number of ether oxygens (including phenoxy) is 1. The molecule has 1 fully saturated rings. The van der Waals surface area contributed by atoms with Crippen molar-refractivity contribution in [3.8, 4) is 5.69 Å². The molecule has 1 atom stereocenters. The number of carbonyl (C=O) groups excluding carboxylic acids is 1. The lowest BCUT2D eigenvalue weighted by molar-refractivity contribution is 0.0618. The zero-order chi connectivity index (χ0) is 23.8. The fraction of sp³-hybridized carbons (Fsp3) is 0.435. The van der Waals surface area contributed by atoms with Crippen LogP contribution in [0.4, 0.5) is 16.6 Å². The van der Waals surface area contributed by atoms with Gasteiger partial charge in [-0.3, -0.25) is 14.5 Å². The van der Waals surface area contributed by atoms with Gasteiger partial charge in [0.05, 0.1) is 30.6 Å². The van der Waals surface area contributed by atoms with Crippen LogP contribution in [0, 0.1) is 0 Å².